The largest absolute Gasteiger partial charge is 0.496 e. The van der Waals surface area contributed by atoms with Gasteiger partial charge in [-0.05, 0) is 54.2 Å². The Morgan fingerprint density at radius 3 is 2.77 bits per heavy atom. The fourth-order valence-corrected chi connectivity index (χ4v) is 4.53. The third-order valence-corrected chi connectivity index (χ3v) is 6.21. The van der Waals surface area contributed by atoms with E-state index >= 15 is 0 Å². The molecule has 1 N–H and O–H groups in total. The summed E-state index contributed by atoms with van der Waals surface area (Å²) in [6.45, 7) is 0.532. The van der Waals surface area contributed by atoms with Crippen LogP contribution in [0.3, 0.4) is 0 Å². The third-order valence-electron chi connectivity index (χ3n) is 5.85. The molecule has 35 heavy (non-hydrogen) atoms. The summed E-state index contributed by atoms with van der Waals surface area (Å²) < 4.78 is 11.7. The highest BCUT2D eigenvalue weighted by molar-refractivity contribution is 7.80. The number of rotatable bonds is 7. The van der Waals surface area contributed by atoms with Crippen molar-refractivity contribution in [1.82, 2.24) is 20.2 Å². The van der Waals surface area contributed by atoms with Crippen molar-refractivity contribution in [2.75, 3.05) is 7.11 Å². The van der Waals surface area contributed by atoms with Gasteiger partial charge in [0.25, 0.3) is 5.69 Å². The van der Waals surface area contributed by atoms with Gasteiger partial charge in [-0.3, -0.25) is 20.1 Å². The van der Waals surface area contributed by atoms with Crippen LogP contribution >= 0.6 is 12.2 Å². The predicted molar refractivity (Wildman–Crippen MR) is 133 cm³/mol. The van der Waals surface area contributed by atoms with E-state index in [9.17, 15) is 10.1 Å². The maximum Gasteiger partial charge on any atom is 0.273 e. The van der Waals surface area contributed by atoms with Gasteiger partial charge in [-0.2, -0.15) is 0 Å². The number of nitrogens with zero attached hydrogens (tertiary/aromatic N) is 4. The first-order valence-electron chi connectivity index (χ1n) is 10.8. The molecule has 3 aromatic heterocycles. The van der Waals surface area contributed by atoms with Gasteiger partial charge < -0.3 is 19.4 Å². The van der Waals surface area contributed by atoms with Gasteiger partial charge in [-0.15, -0.1) is 0 Å². The van der Waals surface area contributed by atoms with Crippen LogP contribution in [0, 0.1) is 10.1 Å². The zero-order valence-electron chi connectivity index (χ0n) is 18.7. The van der Waals surface area contributed by atoms with E-state index in [0.717, 1.165) is 11.3 Å². The minimum absolute atomic E-state index is 0.0550. The van der Waals surface area contributed by atoms with E-state index in [1.807, 2.05) is 48.7 Å². The summed E-state index contributed by atoms with van der Waals surface area (Å²) in [6, 6.07) is 17.3. The van der Waals surface area contributed by atoms with Crippen LogP contribution in [0.5, 0.6) is 5.75 Å². The van der Waals surface area contributed by atoms with Crippen molar-refractivity contribution in [3.63, 3.8) is 0 Å². The molecule has 1 fully saturated rings. The molecule has 2 atom stereocenters. The van der Waals surface area contributed by atoms with Gasteiger partial charge >= 0.3 is 0 Å². The summed E-state index contributed by atoms with van der Waals surface area (Å²) in [5.74, 6) is 1.56. The fourth-order valence-electron chi connectivity index (χ4n) is 4.23. The molecule has 9 nitrogen and oxygen atoms in total. The molecule has 0 unspecified atom stereocenters. The molecule has 176 valence electrons. The molecule has 0 aliphatic carbocycles. The number of methoxy groups -OCH3 is 1. The zero-order valence-corrected chi connectivity index (χ0v) is 19.5. The van der Waals surface area contributed by atoms with Crippen molar-refractivity contribution < 1.29 is 14.1 Å². The highest BCUT2D eigenvalue weighted by Gasteiger charge is 2.41. The number of thiocarbonyl (C=S) groups is 1. The molecule has 0 amide bonds. The summed E-state index contributed by atoms with van der Waals surface area (Å²) in [4.78, 5) is 21.5. The molecule has 1 aromatic carbocycles. The van der Waals surface area contributed by atoms with Gasteiger partial charge in [0.15, 0.2) is 5.11 Å². The lowest BCUT2D eigenvalue weighted by atomic mass is 10.0. The quantitative estimate of drug-likeness (QED) is 0.223. The molecule has 0 bridgehead atoms. The summed E-state index contributed by atoms with van der Waals surface area (Å²) in [5, 5.41) is 15.2. The Bertz CT molecular complexity index is 1360. The number of non-ortho nitro benzene ring substituents is 1. The van der Waals surface area contributed by atoms with Gasteiger partial charge in [0.2, 0.25) is 0 Å². The van der Waals surface area contributed by atoms with Crippen LogP contribution in [0.2, 0.25) is 0 Å². The van der Waals surface area contributed by atoms with Crippen LogP contribution in [-0.4, -0.2) is 32.0 Å². The summed E-state index contributed by atoms with van der Waals surface area (Å²) in [7, 11) is 1.47. The van der Waals surface area contributed by atoms with E-state index in [0.29, 0.717) is 34.5 Å². The maximum atomic E-state index is 11.2. The third kappa shape index (κ3) is 4.43. The molecule has 4 heterocycles. The molecule has 5 rings (SSSR count). The smallest absolute Gasteiger partial charge is 0.273 e. The normalized spacial score (nSPS) is 17.3. The van der Waals surface area contributed by atoms with Crippen molar-refractivity contribution in [1.29, 1.82) is 0 Å². The van der Waals surface area contributed by atoms with Crippen molar-refractivity contribution >= 4 is 23.0 Å². The molecule has 1 saturated heterocycles. The molecule has 0 spiro atoms. The Kier molecular flexibility index (Phi) is 6.11. The first-order chi connectivity index (χ1) is 17.0. The van der Waals surface area contributed by atoms with E-state index in [4.69, 9.17) is 21.4 Å². The van der Waals surface area contributed by atoms with Crippen LogP contribution in [0.1, 0.15) is 29.1 Å². The molecule has 1 aliphatic rings. The Hall–Kier alpha value is -4.31. The molecule has 1 aliphatic heterocycles. The van der Waals surface area contributed by atoms with Crippen molar-refractivity contribution in [2.45, 2.75) is 18.6 Å². The van der Waals surface area contributed by atoms with E-state index in [2.05, 4.69) is 20.2 Å². The number of aromatic nitrogens is 2. The second kappa shape index (κ2) is 9.51. The topological polar surface area (TPSA) is 107 Å². The highest BCUT2D eigenvalue weighted by atomic mass is 32.1. The minimum Gasteiger partial charge on any atom is -0.496 e. The van der Waals surface area contributed by atoms with Crippen molar-refractivity contribution in [3.05, 3.63) is 106 Å². The first-order valence-corrected chi connectivity index (χ1v) is 11.3. The number of pyridine rings is 2. The zero-order chi connectivity index (χ0) is 24.4. The van der Waals surface area contributed by atoms with E-state index in [1.54, 1.807) is 18.5 Å². The van der Waals surface area contributed by atoms with Gasteiger partial charge in [-0.25, -0.2) is 0 Å². The number of benzene rings is 1. The Balaban J connectivity index is 1.54. The monoisotopic (exact) mass is 487 g/mol. The molecule has 4 aromatic rings. The van der Waals surface area contributed by atoms with E-state index in [-0.39, 0.29) is 17.8 Å². The number of hydrogen-bond acceptors (Lipinski definition) is 7. The molecule has 10 heteroatoms. The standard InChI is InChI=1S/C25H21N5O4S/c1-33-22-13-17(30(31)32)7-8-18(22)20-9-10-21(34-20)24-23(19-6-2-3-12-27-19)28-25(35)29(24)15-16-5-4-11-26-14-16/h2-14,23-24H,15H2,1H3,(H,28,35)/t23-,24+/m1/s1. The lowest BCUT2D eigenvalue weighted by molar-refractivity contribution is -0.384. The lowest BCUT2D eigenvalue weighted by Gasteiger charge is -2.26. The first kappa shape index (κ1) is 22.5. The molecular weight excluding hydrogens is 466 g/mol. The van der Waals surface area contributed by atoms with Gasteiger partial charge in [0.05, 0.1) is 35.4 Å². The van der Waals surface area contributed by atoms with E-state index in [1.165, 1.54) is 19.2 Å². The van der Waals surface area contributed by atoms with Crippen molar-refractivity contribution in [3.8, 4) is 17.1 Å². The highest BCUT2D eigenvalue weighted by Crippen LogP contribution is 2.42. The Morgan fingerprint density at radius 2 is 2.06 bits per heavy atom. The summed E-state index contributed by atoms with van der Waals surface area (Å²) in [6.07, 6.45) is 5.29. The summed E-state index contributed by atoms with van der Waals surface area (Å²) >= 11 is 5.71. The lowest BCUT2D eigenvalue weighted by Crippen LogP contribution is -2.29. The number of nitrogens with one attached hydrogen (secondary N) is 1. The molecular formula is C25H21N5O4S. The SMILES string of the molecule is COc1cc([N+](=O)[O-])ccc1-c1ccc([C@H]2[C@@H](c3ccccn3)NC(=S)N2Cc2cccnc2)o1. The Labute approximate surface area is 206 Å². The maximum absolute atomic E-state index is 11.2. The molecule has 0 radical (unpaired) electrons. The average Bonchev–Trinajstić information content (AvgIpc) is 3.49. The van der Waals surface area contributed by atoms with E-state index < -0.39 is 4.92 Å². The van der Waals surface area contributed by atoms with Crippen LogP contribution in [0.4, 0.5) is 5.69 Å². The van der Waals surface area contributed by atoms with Crippen LogP contribution in [-0.2, 0) is 6.54 Å². The number of nitro groups is 1. The van der Waals surface area contributed by atoms with Crippen molar-refractivity contribution in [2.24, 2.45) is 0 Å². The predicted octanol–water partition coefficient (Wildman–Crippen LogP) is 4.83. The number of nitro benzene ring substituents is 1. The minimum atomic E-state index is -0.460. The Morgan fingerprint density at radius 1 is 1.17 bits per heavy atom. The second-order valence-electron chi connectivity index (χ2n) is 7.96. The summed E-state index contributed by atoms with van der Waals surface area (Å²) in [5.41, 5.74) is 2.40. The van der Waals surface area contributed by atoms with Crippen LogP contribution < -0.4 is 10.1 Å². The van der Waals surface area contributed by atoms with Gasteiger partial charge in [0, 0.05) is 31.2 Å². The molecule has 0 saturated carbocycles. The number of hydrogen-bond donors (Lipinski definition) is 1. The second-order valence-corrected chi connectivity index (χ2v) is 8.35. The van der Waals surface area contributed by atoms with Crippen LogP contribution in [0.25, 0.3) is 11.3 Å². The van der Waals surface area contributed by atoms with Crippen LogP contribution in [0.15, 0.2) is 83.7 Å². The van der Waals surface area contributed by atoms with Gasteiger partial charge in [-0.1, -0.05) is 12.1 Å². The average molecular weight is 488 g/mol. The van der Waals surface area contributed by atoms with Gasteiger partial charge in [0.1, 0.15) is 23.3 Å². The number of ether oxygens (including phenoxy) is 1. The number of furan rings is 1. The fraction of sp³-hybridized carbons (Fsp3) is 0.160.